The Balaban J connectivity index is 2.73. The van der Waals surface area contributed by atoms with E-state index in [0.717, 1.165) is 0 Å². The summed E-state index contributed by atoms with van der Waals surface area (Å²) in [7, 11) is 1.56. The number of carbonyl (C=O) groups excluding carboxylic acids is 1. The smallest absolute Gasteiger partial charge is 0.240 e. The van der Waals surface area contributed by atoms with Crippen molar-refractivity contribution in [2.45, 2.75) is 13.0 Å². The van der Waals surface area contributed by atoms with Gasteiger partial charge in [-0.05, 0) is 24.3 Å². The van der Waals surface area contributed by atoms with Gasteiger partial charge in [0.15, 0.2) is 0 Å². The fourth-order valence-electron chi connectivity index (χ4n) is 1.58. The molecule has 0 saturated heterocycles. The van der Waals surface area contributed by atoms with Crippen molar-refractivity contribution in [2.75, 3.05) is 19.0 Å². The van der Waals surface area contributed by atoms with Gasteiger partial charge in [0.25, 0.3) is 0 Å². The van der Waals surface area contributed by atoms with Gasteiger partial charge in [-0.25, -0.2) is 4.39 Å². The first-order valence-electron chi connectivity index (χ1n) is 5.35. The Morgan fingerprint density at radius 3 is 2.53 bits per heavy atom. The van der Waals surface area contributed by atoms with Gasteiger partial charge >= 0.3 is 0 Å². The number of rotatable bonds is 6. The third-order valence-corrected chi connectivity index (χ3v) is 2.47. The molecule has 0 saturated carbocycles. The number of carbonyl (C=O) groups is 1. The second-order valence-corrected chi connectivity index (χ2v) is 3.96. The van der Waals surface area contributed by atoms with Crippen LogP contribution in [0.1, 0.15) is 6.92 Å². The van der Waals surface area contributed by atoms with Gasteiger partial charge in [0.2, 0.25) is 5.91 Å². The molecule has 0 radical (unpaired) electrons. The van der Waals surface area contributed by atoms with Gasteiger partial charge in [-0.1, -0.05) is 6.92 Å². The SMILES string of the molecule is COCC(C)C(Nc1ccc(F)cc1)C(N)=O. The number of hydrogen-bond donors (Lipinski definition) is 2. The Kier molecular flexibility index (Phi) is 4.90. The van der Waals surface area contributed by atoms with Gasteiger partial charge in [-0.2, -0.15) is 0 Å². The zero-order valence-electron chi connectivity index (χ0n) is 9.94. The summed E-state index contributed by atoms with van der Waals surface area (Å²) in [6.07, 6.45) is 0. The number of amides is 1. The molecular weight excluding hydrogens is 223 g/mol. The summed E-state index contributed by atoms with van der Waals surface area (Å²) in [5.41, 5.74) is 5.97. The lowest BCUT2D eigenvalue weighted by molar-refractivity contribution is -0.120. The summed E-state index contributed by atoms with van der Waals surface area (Å²) in [6, 6.07) is 5.22. The summed E-state index contributed by atoms with van der Waals surface area (Å²) in [5, 5.41) is 2.97. The highest BCUT2D eigenvalue weighted by Crippen LogP contribution is 2.14. The standard InChI is InChI=1S/C12H17FN2O2/c1-8(7-17-2)11(12(14)16)15-10-5-3-9(13)4-6-10/h3-6,8,11,15H,7H2,1-2H3,(H2,14,16). The lowest BCUT2D eigenvalue weighted by atomic mass is 10.0. The van der Waals surface area contributed by atoms with Crippen LogP contribution in [0.15, 0.2) is 24.3 Å². The Bertz CT molecular complexity index is 367. The predicted molar refractivity (Wildman–Crippen MR) is 64.0 cm³/mol. The summed E-state index contributed by atoms with van der Waals surface area (Å²) in [6.45, 7) is 2.28. The molecule has 4 nitrogen and oxygen atoms in total. The van der Waals surface area contributed by atoms with E-state index < -0.39 is 11.9 Å². The van der Waals surface area contributed by atoms with Crippen LogP contribution in [0.2, 0.25) is 0 Å². The van der Waals surface area contributed by atoms with Crippen molar-refractivity contribution in [3.8, 4) is 0 Å². The molecule has 2 atom stereocenters. The average Bonchev–Trinajstić information content (AvgIpc) is 2.28. The van der Waals surface area contributed by atoms with E-state index in [1.165, 1.54) is 12.1 Å². The molecule has 0 aliphatic rings. The molecule has 17 heavy (non-hydrogen) atoms. The monoisotopic (exact) mass is 240 g/mol. The van der Waals surface area contributed by atoms with Crippen LogP contribution in [0.3, 0.4) is 0 Å². The van der Waals surface area contributed by atoms with Crippen LogP contribution in [0.4, 0.5) is 10.1 Å². The molecule has 5 heteroatoms. The average molecular weight is 240 g/mol. The van der Waals surface area contributed by atoms with Gasteiger partial charge < -0.3 is 15.8 Å². The highest BCUT2D eigenvalue weighted by Gasteiger charge is 2.22. The highest BCUT2D eigenvalue weighted by atomic mass is 19.1. The highest BCUT2D eigenvalue weighted by molar-refractivity contribution is 5.83. The topological polar surface area (TPSA) is 64.3 Å². The zero-order valence-corrected chi connectivity index (χ0v) is 9.94. The molecule has 0 aromatic heterocycles. The number of halogens is 1. The molecular formula is C12H17FN2O2. The molecule has 0 aliphatic carbocycles. The number of ether oxygens (including phenoxy) is 1. The minimum atomic E-state index is -0.541. The minimum absolute atomic E-state index is 0.0671. The van der Waals surface area contributed by atoms with Crippen molar-refractivity contribution in [2.24, 2.45) is 11.7 Å². The minimum Gasteiger partial charge on any atom is -0.384 e. The first-order valence-corrected chi connectivity index (χ1v) is 5.35. The van der Waals surface area contributed by atoms with Gasteiger partial charge in [-0.3, -0.25) is 4.79 Å². The lowest BCUT2D eigenvalue weighted by Gasteiger charge is -2.22. The van der Waals surface area contributed by atoms with Crippen LogP contribution in [-0.4, -0.2) is 25.7 Å². The van der Waals surface area contributed by atoms with Crippen molar-refractivity contribution in [3.05, 3.63) is 30.1 Å². The summed E-state index contributed by atoms with van der Waals surface area (Å²) < 4.78 is 17.7. The van der Waals surface area contributed by atoms with Crippen molar-refractivity contribution in [1.82, 2.24) is 0 Å². The maximum absolute atomic E-state index is 12.7. The Morgan fingerprint density at radius 2 is 2.06 bits per heavy atom. The number of nitrogens with one attached hydrogen (secondary N) is 1. The van der Waals surface area contributed by atoms with Crippen molar-refractivity contribution in [1.29, 1.82) is 0 Å². The number of anilines is 1. The summed E-state index contributed by atoms with van der Waals surface area (Å²) in [4.78, 5) is 11.3. The van der Waals surface area contributed by atoms with Gasteiger partial charge in [0.05, 0.1) is 6.61 Å². The molecule has 0 heterocycles. The third kappa shape index (κ3) is 4.03. The van der Waals surface area contributed by atoms with E-state index in [-0.39, 0.29) is 11.7 Å². The van der Waals surface area contributed by atoms with Crippen LogP contribution in [-0.2, 0) is 9.53 Å². The molecule has 1 aromatic carbocycles. The molecule has 0 spiro atoms. The Morgan fingerprint density at radius 1 is 1.47 bits per heavy atom. The van der Waals surface area contributed by atoms with E-state index in [1.54, 1.807) is 19.2 Å². The Labute approximate surface area is 100.0 Å². The molecule has 1 rings (SSSR count). The van der Waals surface area contributed by atoms with E-state index >= 15 is 0 Å². The summed E-state index contributed by atoms with van der Waals surface area (Å²) >= 11 is 0. The lowest BCUT2D eigenvalue weighted by Crippen LogP contribution is -2.42. The quantitative estimate of drug-likeness (QED) is 0.789. The largest absolute Gasteiger partial charge is 0.384 e. The molecule has 3 N–H and O–H groups in total. The first kappa shape index (κ1) is 13.4. The molecule has 0 aliphatic heterocycles. The van der Waals surface area contributed by atoms with Crippen molar-refractivity contribution in [3.63, 3.8) is 0 Å². The number of methoxy groups -OCH3 is 1. The van der Waals surface area contributed by atoms with Gasteiger partial charge in [0.1, 0.15) is 11.9 Å². The number of primary amides is 1. The zero-order chi connectivity index (χ0) is 12.8. The number of nitrogens with two attached hydrogens (primary N) is 1. The number of hydrogen-bond acceptors (Lipinski definition) is 3. The third-order valence-electron chi connectivity index (χ3n) is 2.47. The molecule has 0 fully saturated rings. The molecule has 2 unspecified atom stereocenters. The van der Waals surface area contributed by atoms with Crippen LogP contribution in [0.5, 0.6) is 0 Å². The van der Waals surface area contributed by atoms with E-state index in [1.807, 2.05) is 6.92 Å². The summed E-state index contributed by atoms with van der Waals surface area (Å²) in [5.74, 6) is -0.849. The van der Waals surface area contributed by atoms with E-state index in [0.29, 0.717) is 12.3 Å². The molecule has 94 valence electrons. The van der Waals surface area contributed by atoms with Crippen molar-refractivity contribution >= 4 is 11.6 Å². The maximum atomic E-state index is 12.7. The fraction of sp³-hybridized carbons (Fsp3) is 0.417. The van der Waals surface area contributed by atoms with E-state index in [2.05, 4.69) is 5.32 Å². The molecule has 1 amide bonds. The molecule has 0 bridgehead atoms. The molecule has 1 aromatic rings. The van der Waals surface area contributed by atoms with E-state index in [9.17, 15) is 9.18 Å². The second-order valence-electron chi connectivity index (χ2n) is 3.96. The normalized spacial score (nSPS) is 14.1. The predicted octanol–water partition coefficient (Wildman–Crippen LogP) is 1.37. The van der Waals surface area contributed by atoms with E-state index in [4.69, 9.17) is 10.5 Å². The van der Waals surface area contributed by atoms with Crippen LogP contribution in [0.25, 0.3) is 0 Å². The van der Waals surface area contributed by atoms with Gasteiger partial charge in [-0.15, -0.1) is 0 Å². The van der Waals surface area contributed by atoms with Gasteiger partial charge in [0, 0.05) is 18.7 Å². The fourth-order valence-corrected chi connectivity index (χ4v) is 1.58. The maximum Gasteiger partial charge on any atom is 0.240 e. The van der Waals surface area contributed by atoms with Crippen LogP contribution < -0.4 is 11.1 Å². The number of benzene rings is 1. The first-order chi connectivity index (χ1) is 8.04. The van der Waals surface area contributed by atoms with Crippen LogP contribution >= 0.6 is 0 Å². The Hall–Kier alpha value is -1.62. The second kappa shape index (κ2) is 6.20. The van der Waals surface area contributed by atoms with Crippen molar-refractivity contribution < 1.29 is 13.9 Å². The van der Waals surface area contributed by atoms with Crippen LogP contribution in [0, 0.1) is 11.7 Å².